The average Bonchev–Trinajstić information content (AvgIpc) is 2.63. The molecule has 13 nitrogen and oxygen atoms in total. The van der Waals surface area contributed by atoms with Crippen molar-refractivity contribution >= 4 is 56.9 Å². The van der Waals surface area contributed by atoms with E-state index < -0.39 is 15.0 Å². The second-order valence-corrected chi connectivity index (χ2v) is 7.71. The predicted molar refractivity (Wildman–Crippen MR) is 98.3 cm³/mol. The topological polar surface area (TPSA) is 219 Å². The lowest BCUT2D eigenvalue weighted by Gasteiger charge is -2.06. The van der Waals surface area contributed by atoms with Gasteiger partial charge in [-0.05, 0) is 18.2 Å². The highest BCUT2D eigenvalue weighted by Gasteiger charge is 2.17. The van der Waals surface area contributed by atoms with Crippen molar-refractivity contribution < 1.29 is 27.6 Å². The second-order valence-electron chi connectivity index (χ2n) is 4.60. The molecule has 16 heteroatoms. The van der Waals surface area contributed by atoms with Crippen LogP contribution in [0.3, 0.4) is 0 Å². The van der Waals surface area contributed by atoms with Crippen molar-refractivity contribution in [3.63, 3.8) is 0 Å². The highest BCUT2D eigenvalue weighted by molar-refractivity contribution is 7.99. The lowest BCUT2D eigenvalue weighted by atomic mass is 10.3. The number of aromatic nitrogens is 2. The normalized spacial score (nSPS) is 11.6. The van der Waals surface area contributed by atoms with E-state index in [0.717, 1.165) is 17.8 Å². The Hall–Kier alpha value is -2.52. The van der Waals surface area contributed by atoms with Gasteiger partial charge in [0.1, 0.15) is 10.6 Å². The molecule has 0 unspecified atom stereocenters. The van der Waals surface area contributed by atoms with Crippen LogP contribution in [0.5, 0.6) is 0 Å². The molecule has 0 amide bonds. The molecule has 0 saturated carbocycles. The average molecular weight is 445 g/mol. The van der Waals surface area contributed by atoms with E-state index in [9.17, 15) is 13.0 Å². The smallest absolute Gasteiger partial charge is 0.296 e. The summed E-state index contributed by atoms with van der Waals surface area (Å²) < 4.78 is 36.6. The molecule has 0 aliphatic rings. The Kier molecular flexibility index (Phi) is 7.47. The molecule has 2 aromatic rings. The SMILES string of the molecule is N#CCSc1nc(N)c(/N=N/c2cc(SOOO)ccc2S(=O)(=O)O)c(N)n1. The zero-order valence-electron chi connectivity index (χ0n) is 13.6. The monoisotopic (exact) mass is 445 g/mol. The Labute approximate surface area is 166 Å². The fraction of sp³-hybridized carbons (Fsp3) is 0.0833. The second kappa shape index (κ2) is 9.61. The van der Waals surface area contributed by atoms with Gasteiger partial charge in [0.15, 0.2) is 22.5 Å². The number of anilines is 2. The molecule has 0 fully saturated rings. The standard InChI is InChI=1S/C12H11N7O6S3/c13-3-4-26-12-16-10(14)9(11(15)17-12)19-18-7-5-6(27-25-24-20)1-2-8(7)28(21,22)23/h1-2,5,20H,4H2,(H,21,22,23)(H4,14,15,16,17)/b19-18+. The number of nitrogens with zero attached hydrogens (tertiary/aromatic N) is 5. The fourth-order valence-corrected chi connectivity index (χ4v) is 3.25. The van der Waals surface area contributed by atoms with E-state index in [0.29, 0.717) is 12.0 Å². The Morgan fingerprint density at radius 2 is 1.93 bits per heavy atom. The first-order chi connectivity index (χ1) is 13.3. The fourth-order valence-electron chi connectivity index (χ4n) is 1.74. The quantitative estimate of drug-likeness (QED) is 0.0872. The van der Waals surface area contributed by atoms with Crippen molar-refractivity contribution in [2.24, 2.45) is 10.2 Å². The summed E-state index contributed by atoms with van der Waals surface area (Å²) in [5, 5.41) is 27.9. The third-order valence-electron chi connectivity index (χ3n) is 2.81. The molecular formula is C12H11N7O6S3. The van der Waals surface area contributed by atoms with Crippen LogP contribution in [0.1, 0.15) is 0 Å². The van der Waals surface area contributed by atoms with Crippen molar-refractivity contribution in [3.05, 3.63) is 18.2 Å². The highest BCUT2D eigenvalue weighted by Crippen LogP contribution is 2.34. The number of hydrogen-bond acceptors (Lipinski definition) is 14. The van der Waals surface area contributed by atoms with Gasteiger partial charge in [-0.3, -0.25) is 4.55 Å². The summed E-state index contributed by atoms with van der Waals surface area (Å²) >= 11 is 1.55. The van der Waals surface area contributed by atoms with Crippen molar-refractivity contribution in [1.82, 2.24) is 9.97 Å². The number of hydrogen-bond donors (Lipinski definition) is 4. The molecular weight excluding hydrogens is 434 g/mol. The number of azo groups is 1. The number of nitrogens with two attached hydrogens (primary N) is 2. The third kappa shape index (κ3) is 5.74. The van der Waals surface area contributed by atoms with E-state index in [2.05, 4.69) is 29.6 Å². The first kappa shape index (κ1) is 21.8. The molecule has 0 saturated heterocycles. The summed E-state index contributed by atoms with van der Waals surface area (Å²) in [6.07, 6.45) is 0. The van der Waals surface area contributed by atoms with Crippen molar-refractivity contribution in [2.45, 2.75) is 14.9 Å². The summed E-state index contributed by atoms with van der Waals surface area (Å²) in [5.74, 6) is -0.207. The minimum atomic E-state index is -4.62. The van der Waals surface area contributed by atoms with Gasteiger partial charge in [-0.1, -0.05) is 16.8 Å². The molecule has 0 aliphatic carbocycles. The molecule has 0 bridgehead atoms. The zero-order chi connectivity index (χ0) is 20.7. The number of thioether (sulfide) groups is 1. The third-order valence-corrected chi connectivity index (χ3v) is 5.00. The van der Waals surface area contributed by atoms with Gasteiger partial charge in [-0.15, -0.1) is 14.6 Å². The van der Waals surface area contributed by atoms with Gasteiger partial charge in [-0.2, -0.15) is 13.7 Å². The van der Waals surface area contributed by atoms with Crippen molar-refractivity contribution in [2.75, 3.05) is 17.2 Å². The van der Waals surface area contributed by atoms with Gasteiger partial charge < -0.3 is 11.5 Å². The minimum absolute atomic E-state index is 0.0849. The Bertz CT molecular complexity index is 1020. The van der Waals surface area contributed by atoms with E-state index in [-0.39, 0.29) is 38.8 Å². The van der Waals surface area contributed by atoms with Crippen LogP contribution in [0, 0.1) is 11.3 Å². The Balaban J connectivity index is 2.43. The largest absolute Gasteiger partial charge is 0.382 e. The van der Waals surface area contributed by atoms with Crippen LogP contribution in [0.4, 0.5) is 23.0 Å². The van der Waals surface area contributed by atoms with Crippen LogP contribution in [-0.2, 0) is 19.5 Å². The summed E-state index contributed by atoms with van der Waals surface area (Å²) in [4.78, 5) is 7.55. The molecule has 1 aromatic carbocycles. The van der Waals surface area contributed by atoms with Crippen LogP contribution < -0.4 is 11.5 Å². The van der Waals surface area contributed by atoms with Crippen molar-refractivity contribution in [1.29, 1.82) is 5.26 Å². The van der Waals surface area contributed by atoms with Gasteiger partial charge in [0.25, 0.3) is 10.1 Å². The maximum atomic E-state index is 11.5. The van der Waals surface area contributed by atoms with Crippen molar-refractivity contribution in [3.8, 4) is 6.07 Å². The first-order valence-corrected chi connectivity index (χ1v) is 10.0. The molecule has 0 aliphatic heterocycles. The number of rotatable bonds is 8. The Morgan fingerprint density at radius 3 is 2.50 bits per heavy atom. The zero-order valence-corrected chi connectivity index (χ0v) is 16.0. The molecule has 148 valence electrons. The summed E-state index contributed by atoms with van der Waals surface area (Å²) in [5.41, 5.74) is 11.1. The van der Waals surface area contributed by atoms with E-state index >= 15 is 0 Å². The summed E-state index contributed by atoms with van der Waals surface area (Å²) in [6.45, 7) is 0. The Morgan fingerprint density at radius 1 is 1.25 bits per heavy atom. The molecule has 0 radical (unpaired) electrons. The van der Waals surface area contributed by atoms with E-state index in [4.69, 9.17) is 22.0 Å². The van der Waals surface area contributed by atoms with Crippen LogP contribution in [0.2, 0.25) is 0 Å². The minimum Gasteiger partial charge on any atom is -0.382 e. The van der Waals surface area contributed by atoms with Gasteiger partial charge in [0.05, 0.1) is 23.9 Å². The van der Waals surface area contributed by atoms with E-state index in [1.54, 1.807) is 0 Å². The van der Waals surface area contributed by atoms with Crippen LogP contribution in [0.25, 0.3) is 0 Å². The molecule has 28 heavy (non-hydrogen) atoms. The molecule has 0 spiro atoms. The number of nitriles is 1. The van der Waals surface area contributed by atoms with Gasteiger partial charge in [0.2, 0.25) is 0 Å². The summed E-state index contributed by atoms with van der Waals surface area (Å²) in [7, 11) is -4.62. The van der Waals surface area contributed by atoms with Gasteiger partial charge in [0, 0.05) is 4.90 Å². The molecule has 2 rings (SSSR count). The van der Waals surface area contributed by atoms with Gasteiger partial charge >= 0.3 is 0 Å². The van der Waals surface area contributed by atoms with Crippen LogP contribution in [0.15, 0.2) is 43.4 Å². The molecule has 1 aromatic heterocycles. The molecule has 1 heterocycles. The lowest BCUT2D eigenvalue weighted by molar-refractivity contribution is -0.432. The maximum absolute atomic E-state index is 11.5. The molecule has 6 N–H and O–H groups in total. The maximum Gasteiger partial charge on any atom is 0.296 e. The van der Waals surface area contributed by atoms with E-state index in [1.807, 2.05) is 6.07 Å². The summed E-state index contributed by atoms with van der Waals surface area (Å²) in [6, 6.07) is 5.38. The van der Waals surface area contributed by atoms with Crippen LogP contribution >= 0.6 is 23.8 Å². The highest BCUT2D eigenvalue weighted by atomic mass is 32.2. The predicted octanol–water partition coefficient (Wildman–Crippen LogP) is 2.35. The van der Waals surface area contributed by atoms with Crippen LogP contribution in [-0.4, -0.2) is 33.9 Å². The lowest BCUT2D eigenvalue weighted by Crippen LogP contribution is -2.01. The van der Waals surface area contributed by atoms with Gasteiger partial charge in [-0.25, -0.2) is 15.2 Å². The first-order valence-electron chi connectivity index (χ1n) is 6.87. The number of nitrogen functional groups attached to an aromatic ring is 2. The number of benzene rings is 1. The van der Waals surface area contributed by atoms with E-state index in [1.165, 1.54) is 12.1 Å². The molecule has 0 atom stereocenters.